The van der Waals surface area contributed by atoms with Crippen molar-refractivity contribution in [2.45, 2.75) is 12.8 Å². The lowest BCUT2D eigenvalue weighted by Gasteiger charge is -2.13. The Hall–Kier alpha value is -2.08. The fourth-order valence-electron chi connectivity index (χ4n) is 1.62. The van der Waals surface area contributed by atoms with E-state index in [9.17, 15) is 9.59 Å². The molecule has 0 fully saturated rings. The first-order valence-corrected chi connectivity index (χ1v) is 6.25. The monoisotopic (exact) mass is 281 g/mol. The average Bonchev–Trinajstić information content (AvgIpc) is 2.45. The van der Waals surface area contributed by atoms with E-state index in [-0.39, 0.29) is 31.6 Å². The highest BCUT2D eigenvalue weighted by Gasteiger charge is 2.15. The number of carboxylic acid groups (broad SMARTS) is 1. The number of hydrogen-bond donors (Lipinski definition) is 2. The van der Waals surface area contributed by atoms with Crippen molar-refractivity contribution < 1.29 is 24.2 Å². The molecule has 0 spiro atoms. The van der Waals surface area contributed by atoms with Crippen molar-refractivity contribution in [3.05, 3.63) is 29.8 Å². The minimum absolute atomic E-state index is 0.142. The van der Waals surface area contributed by atoms with E-state index in [1.165, 1.54) is 0 Å². The van der Waals surface area contributed by atoms with E-state index in [1.807, 2.05) is 24.3 Å². The van der Waals surface area contributed by atoms with Crippen LogP contribution in [0.3, 0.4) is 0 Å². The summed E-state index contributed by atoms with van der Waals surface area (Å²) in [5.74, 6) is -0.783. The van der Waals surface area contributed by atoms with Gasteiger partial charge in [-0.05, 0) is 24.6 Å². The van der Waals surface area contributed by atoms with Crippen LogP contribution >= 0.6 is 0 Å². The van der Waals surface area contributed by atoms with Crippen LogP contribution in [0.4, 0.5) is 0 Å². The van der Waals surface area contributed by atoms with Crippen molar-refractivity contribution in [2.75, 3.05) is 26.9 Å². The van der Waals surface area contributed by atoms with Gasteiger partial charge in [-0.1, -0.05) is 12.1 Å². The van der Waals surface area contributed by atoms with Gasteiger partial charge in [-0.3, -0.25) is 4.79 Å². The van der Waals surface area contributed by atoms with Crippen LogP contribution in [0.1, 0.15) is 18.4 Å². The molecule has 6 heteroatoms. The molecule has 1 unspecified atom stereocenters. The third kappa shape index (κ3) is 5.27. The molecule has 110 valence electrons. The van der Waals surface area contributed by atoms with Crippen molar-refractivity contribution in [3.63, 3.8) is 0 Å². The van der Waals surface area contributed by atoms with Crippen LogP contribution in [0, 0.1) is 0 Å². The first-order chi connectivity index (χ1) is 9.54. The molecule has 0 bridgehead atoms. The first-order valence-electron chi connectivity index (χ1n) is 6.25. The van der Waals surface area contributed by atoms with Gasteiger partial charge in [-0.25, -0.2) is 4.79 Å². The Balaban J connectivity index is 2.40. The molecule has 0 aliphatic heterocycles. The summed E-state index contributed by atoms with van der Waals surface area (Å²) >= 11 is 0. The van der Waals surface area contributed by atoms with E-state index in [0.717, 1.165) is 5.56 Å². The zero-order valence-electron chi connectivity index (χ0n) is 11.6. The summed E-state index contributed by atoms with van der Waals surface area (Å²) in [5, 5.41) is 11.1. The summed E-state index contributed by atoms with van der Waals surface area (Å²) in [4.78, 5) is 22.1. The number of amides is 1. The fraction of sp³-hybridized carbons (Fsp3) is 0.429. The maximum Gasteiger partial charge on any atom is 0.329 e. The first kappa shape index (κ1) is 16.0. The van der Waals surface area contributed by atoms with E-state index in [1.54, 1.807) is 14.0 Å². The van der Waals surface area contributed by atoms with Gasteiger partial charge in [-0.2, -0.15) is 0 Å². The zero-order chi connectivity index (χ0) is 15.0. The van der Waals surface area contributed by atoms with Gasteiger partial charge in [0.15, 0.2) is 0 Å². The van der Waals surface area contributed by atoms with Crippen LogP contribution < -0.4 is 10.1 Å². The van der Waals surface area contributed by atoms with Crippen molar-refractivity contribution in [1.29, 1.82) is 0 Å². The largest absolute Gasteiger partial charge is 0.497 e. The van der Waals surface area contributed by atoms with Gasteiger partial charge in [0, 0.05) is 6.54 Å². The van der Waals surface area contributed by atoms with Crippen LogP contribution in [-0.4, -0.2) is 43.9 Å². The molecular formula is C14H19NO5. The molecule has 6 nitrogen and oxygen atoms in total. The maximum atomic E-state index is 11.9. The second-order valence-corrected chi connectivity index (χ2v) is 4.24. The van der Waals surface area contributed by atoms with Crippen molar-refractivity contribution >= 4 is 11.9 Å². The molecule has 0 radical (unpaired) electrons. The molecule has 1 amide bonds. The summed E-state index contributed by atoms with van der Waals surface area (Å²) < 4.78 is 9.95. The summed E-state index contributed by atoms with van der Waals surface area (Å²) in [5.41, 5.74) is 0.855. The summed E-state index contributed by atoms with van der Waals surface area (Å²) in [7, 11) is 1.57. The third-order valence-electron chi connectivity index (χ3n) is 2.76. The Morgan fingerprint density at radius 2 is 2.15 bits per heavy atom. The molecule has 1 rings (SSSR count). The normalized spacial score (nSPS) is 11.7. The lowest BCUT2D eigenvalue weighted by Crippen LogP contribution is -2.31. The van der Waals surface area contributed by atoms with Gasteiger partial charge in [0.25, 0.3) is 0 Å². The minimum atomic E-state index is -1.03. The number of benzene rings is 1. The van der Waals surface area contributed by atoms with Gasteiger partial charge >= 0.3 is 5.97 Å². The molecule has 0 heterocycles. The van der Waals surface area contributed by atoms with E-state index in [2.05, 4.69) is 5.32 Å². The highest BCUT2D eigenvalue weighted by atomic mass is 16.5. The topological polar surface area (TPSA) is 84.9 Å². The number of hydrogen-bond acceptors (Lipinski definition) is 4. The van der Waals surface area contributed by atoms with Crippen molar-refractivity contribution in [2.24, 2.45) is 0 Å². The molecule has 0 aromatic heterocycles. The second kappa shape index (κ2) is 8.16. The Morgan fingerprint density at radius 1 is 1.40 bits per heavy atom. The van der Waals surface area contributed by atoms with E-state index < -0.39 is 5.97 Å². The molecule has 2 N–H and O–H groups in total. The molecule has 1 atom stereocenters. The van der Waals surface area contributed by atoms with Crippen LogP contribution in [-0.2, 0) is 14.3 Å². The van der Waals surface area contributed by atoms with Crippen LogP contribution in [0.2, 0.25) is 0 Å². The Kier molecular flexibility index (Phi) is 6.52. The zero-order valence-corrected chi connectivity index (χ0v) is 11.6. The van der Waals surface area contributed by atoms with Gasteiger partial charge in [0.1, 0.15) is 12.4 Å². The van der Waals surface area contributed by atoms with Gasteiger partial charge < -0.3 is 19.9 Å². The number of ether oxygens (including phenoxy) is 2. The predicted molar refractivity (Wildman–Crippen MR) is 72.9 cm³/mol. The van der Waals surface area contributed by atoms with Crippen LogP contribution in [0.25, 0.3) is 0 Å². The Morgan fingerprint density at radius 3 is 2.80 bits per heavy atom. The number of carboxylic acids is 1. The molecule has 0 saturated carbocycles. The van der Waals surface area contributed by atoms with Crippen molar-refractivity contribution in [3.8, 4) is 5.75 Å². The van der Waals surface area contributed by atoms with Gasteiger partial charge in [-0.15, -0.1) is 0 Å². The predicted octanol–water partition coefficient (Wildman–Crippen LogP) is 1.02. The highest BCUT2D eigenvalue weighted by molar-refractivity contribution is 5.83. The summed E-state index contributed by atoms with van der Waals surface area (Å²) in [6.07, 6.45) is 0. The number of aliphatic carboxylic acids is 1. The van der Waals surface area contributed by atoms with Crippen molar-refractivity contribution in [1.82, 2.24) is 5.32 Å². The van der Waals surface area contributed by atoms with E-state index >= 15 is 0 Å². The number of nitrogens with one attached hydrogen (secondary N) is 1. The smallest absolute Gasteiger partial charge is 0.329 e. The number of carbonyl (C=O) groups excluding carboxylic acids is 1. The molecule has 1 aromatic rings. The SMILES string of the molecule is COc1cccc(C(C)C(=O)NCCOCC(=O)O)c1. The molecule has 20 heavy (non-hydrogen) atoms. The van der Waals surface area contributed by atoms with Gasteiger partial charge in [0.05, 0.1) is 19.6 Å². The van der Waals surface area contributed by atoms with Crippen LogP contribution in [0.15, 0.2) is 24.3 Å². The number of methoxy groups -OCH3 is 1. The Labute approximate surface area is 117 Å². The number of rotatable bonds is 8. The minimum Gasteiger partial charge on any atom is -0.497 e. The maximum absolute atomic E-state index is 11.9. The molecule has 0 aliphatic rings. The average molecular weight is 281 g/mol. The molecule has 0 aliphatic carbocycles. The molecule has 0 saturated heterocycles. The molecule has 1 aromatic carbocycles. The van der Waals surface area contributed by atoms with Gasteiger partial charge in [0.2, 0.25) is 5.91 Å². The quantitative estimate of drug-likeness (QED) is 0.695. The van der Waals surface area contributed by atoms with E-state index in [0.29, 0.717) is 5.75 Å². The lowest BCUT2D eigenvalue weighted by atomic mass is 10.0. The number of carbonyl (C=O) groups is 2. The summed E-state index contributed by atoms with van der Waals surface area (Å²) in [6, 6.07) is 7.31. The third-order valence-corrected chi connectivity index (χ3v) is 2.76. The molecular weight excluding hydrogens is 262 g/mol. The lowest BCUT2D eigenvalue weighted by molar-refractivity contribution is -0.142. The fourth-order valence-corrected chi connectivity index (χ4v) is 1.62. The second-order valence-electron chi connectivity index (χ2n) is 4.24. The standard InChI is InChI=1S/C14H19NO5/c1-10(11-4-3-5-12(8-11)19-2)14(18)15-6-7-20-9-13(16)17/h3-5,8,10H,6-7,9H2,1-2H3,(H,15,18)(H,16,17). The highest BCUT2D eigenvalue weighted by Crippen LogP contribution is 2.20. The van der Waals surface area contributed by atoms with Crippen LogP contribution in [0.5, 0.6) is 5.75 Å². The summed E-state index contributed by atoms with van der Waals surface area (Å²) in [6.45, 7) is 1.88. The Bertz CT molecular complexity index is 461. The van der Waals surface area contributed by atoms with E-state index in [4.69, 9.17) is 14.6 Å².